The van der Waals surface area contributed by atoms with E-state index in [1.165, 1.54) is 0 Å². The molecule has 0 aliphatic heterocycles. The summed E-state index contributed by atoms with van der Waals surface area (Å²) in [6.45, 7) is 14.7. The topological polar surface area (TPSA) is 35.5 Å². The van der Waals surface area contributed by atoms with E-state index in [0.29, 0.717) is 6.61 Å². The second kappa shape index (κ2) is 5.27. The number of hydrogen-bond donors (Lipinski definition) is 0. The summed E-state index contributed by atoms with van der Waals surface area (Å²) in [6.07, 6.45) is 0. The third kappa shape index (κ3) is 8.83. The van der Waals surface area contributed by atoms with Crippen molar-refractivity contribution in [2.75, 3.05) is 6.61 Å². The summed E-state index contributed by atoms with van der Waals surface area (Å²) in [5, 5.41) is 0. The molecule has 0 rings (SSSR count). The van der Waals surface area contributed by atoms with Gasteiger partial charge in [-0.05, 0) is 46.2 Å². The van der Waals surface area contributed by atoms with E-state index in [2.05, 4.69) is 19.6 Å². The van der Waals surface area contributed by atoms with Gasteiger partial charge in [0.1, 0.15) is 0 Å². The molecule has 0 aliphatic rings. The zero-order valence-electron chi connectivity index (χ0n) is 11.0. The smallest absolute Gasteiger partial charge is 0.297 e. The van der Waals surface area contributed by atoms with Crippen LogP contribution in [0, 0.1) is 5.92 Å². The summed E-state index contributed by atoms with van der Waals surface area (Å²) in [6, 6.07) is 0. The van der Waals surface area contributed by atoms with Crippen LogP contribution in [0.1, 0.15) is 6.92 Å². The van der Waals surface area contributed by atoms with Gasteiger partial charge in [0.15, 0.2) is 8.32 Å². The Balaban J connectivity index is 4.01. The molecule has 5 heteroatoms. The van der Waals surface area contributed by atoms with Gasteiger partial charge in [-0.2, -0.15) is 0 Å². The number of hydrogen-bond acceptors (Lipinski definition) is 3. The average Bonchev–Trinajstić information content (AvgIpc) is 1.95. The maximum atomic E-state index is 11.6. The Morgan fingerprint density at radius 1 is 1.07 bits per heavy atom. The molecule has 0 aromatic heterocycles. The summed E-state index contributed by atoms with van der Waals surface area (Å²) >= 11 is 0. The van der Waals surface area contributed by atoms with Crippen molar-refractivity contribution in [1.29, 1.82) is 0 Å². The van der Waals surface area contributed by atoms with E-state index in [4.69, 9.17) is 8.85 Å². The van der Waals surface area contributed by atoms with Gasteiger partial charge in [0, 0.05) is 6.61 Å². The summed E-state index contributed by atoms with van der Waals surface area (Å²) in [4.78, 5) is 11.6. The van der Waals surface area contributed by atoms with Crippen molar-refractivity contribution in [2.24, 2.45) is 5.92 Å². The highest BCUT2D eigenvalue weighted by Crippen LogP contribution is 2.11. The Labute approximate surface area is 95.4 Å². The van der Waals surface area contributed by atoms with Gasteiger partial charge < -0.3 is 8.85 Å². The van der Waals surface area contributed by atoms with Crippen molar-refractivity contribution in [3.8, 4) is 0 Å². The second-order valence-corrected chi connectivity index (χ2v) is 14.8. The molecule has 15 heavy (non-hydrogen) atoms. The lowest BCUT2D eigenvalue weighted by molar-refractivity contribution is -0.140. The molecule has 1 atom stereocenters. The fraction of sp³-hybridized carbons (Fsp3) is 0.900. The van der Waals surface area contributed by atoms with Crippen LogP contribution in [0.3, 0.4) is 0 Å². The zero-order chi connectivity index (χ0) is 12.3. The molecule has 0 radical (unpaired) electrons. The van der Waals surface area contributed by atoms with Crippen LogP contribution in [-0.2, 0) is 13.6 Å². The van der Waals surface area contributed by atoms with Crippen LogP contribution in [0.5, 0.6) is 0 Å². The molecule has 0 saturated heterocycles. The van der Waals surface area contributed by atoms with Crippen LogP contribution in [0.25, 0.3) is 0 Å². The SMILES string of the molecule is CC(CO[Si](C)(C)C)C(=O)O[Si](C)(C)C. The summed E-state index contributed by atoms with van der Waals surface area (Å²) in [7, 11) is -3.27. The van der Waals surface area contributed by atoms with Gasteiger partial charge in [-0.3, -0.25) is 4.79 Å². The van der Waals surface area contributed by atoms with E-state index in [-0.39, 0.29) is 11.9 Å². The summed E-state index contributed by atoms with van der Waals surface area (Å²) in [5.74, 6) is -0.268. The van der Waals surface area contributed by atoms with Gasteiger partial charge in [-0.25, -0.2) is 0 Å². The average molecular weight is 248 g/mol. The van der Waals surface area contributed by atoms with Gasteiger partial charge in [-0.1, -0.05) is 0 Å². The first-order chi connectivity index (χ1) is 6.51. The Kier molecular flexibility index (Phi) is 5.22. The van der Waals surface area contributed by atoms with Gasteiger partial charge in [-0.15, -0.1) is 0 Å². The maximum absolute atomic E-state index is 11.6. The van der Waals surface area contributed by atoms with Crippen LogP contribution in [-0.4, -0.2) is 29.2 Å². The zero-order valence-corrected chi connectivity index (χ0v) is 13.0. The highest BCUT2D eigenvalue weighted by Gasteiger charge is 2.25. The van der Waals surface area contributed by atoms with Gasteiger partial charge in [0.25, 0.3) is 5.97 Å². The Morgan fingerprint density at radius 3 is 1.87 bits per heavy atom. The van der Waals surface area contributed by atoms with Crippen molar-refractivity contribution < 1.29 is 13.6 Å². The van der Waals surface area contributed by atoms with Gasteiger partial charge in [0.05, 0.1) is 5.92 Å². The first-order valence-corrected chi connectivity index (χ1v) is 12.2. The second-order valence-electron chi connectivity index (χ2n) is 5.86. The molecular formula is C10H24O3Si2. The maximum Gasteiger partial charge on any atom is 0.297 e. The van der Waals surface area contributed by atoms with Crippen LogP contribution < -0.4 is 0 Å². The normalized spacial score (nSPS) is 14.9. The Morgan fingerprint density at radius 2 is 1.53 bits per heavy atom. The molecule has 0 bridgehead atoms. The number of carbonyl (C=O) groups is 1. The lowest BCUT2D eigenvalue weighted by atomic mass is 10.2. The molecule has 0 spiro atoms. The molecule has 3 nitrogen and oxygen atoms in total. The van der Waals surface area contributed by atoms with Crippen LogP contribution in [0.4, 0.5) is 0 Å². The predicted octanol–water partition coefficient (Wildman–Crippen LogP) is 2.85. The van der Waals surface area contributed by atoms with Crippen molar-refractivity contribution in [3.63, 3.8) is 0 Å². The quantitative estimate of drug-likeness (QED) is 0.702. The molecular weight excluding hydrogens is 224 g/mol. The molecule has 0 aliphatic carbocycles. The van der Waals surface area contributed by atoms with Crippen LogP contribution in [0.2, 0.25) is 39.3 Å². The van der Waals surface area contributed by atoms with E-state index in [1.54, 1.807) is 0 Å². The first-order valence-electron chi connectivity index (χ1n) is 5.38. The Hall–Kier alpha value is -0.136. The standard InChI is InChI=1S/C10H24O3Si2/c1-9(8-12-14(2,3)4)10(11)13-15(5,6)7/h9H,8H2,1-7H3. The predicted molar refractivity (Wildman–Crippen MR) is 67.9 cm³/mol. The highest BCUT2D eigenvalue weighted by molar-refractivity contribution is 6.71. The minimum absolute atomic E-state index is 0.118. The van der Waals surface area contributed by atoms with Crippen molar-refractivity contribution in [2.45, 2.75) is 46.2 Å². The summed E-state index contributed by atoms with van der Waals surface area (Å²) < 4.78 is 11.1. The third-order valence-electron chi connectivity index (χ3n) is 1.58. The number of carbonyl (C=O) groups excluding carboxylic acids is 1. The lowest BCUT2D eigenvalue weighted by Crippen LogP contribution is -2.35. The highest BCUT2D eigenvalue weighted by atomic mass is 28.4. The van der Waals surface area contributed by atoms with Gasteiger partial charge in [0.2, 0.25) is 8.32 Å². The molecule has 0 N–H and O–H groups in total. The van der Waals surface area contributed by atoms with E-state index < -0.39 is 16.6 Å². The first kappa shape index (κ1) is 14.9. The monoisotopic (exact) mass is 248 g/mol. The molecule has 0 heterocycles. The molecule has 0 aromatic carbocycles. The molecule has 0 saturated carbocycles. The largest absolute Gasteiger partial charge is 0.520 e. The fourth-order valence-corrected chi connectivity index (χ4v) is 2.40. The molecule has 1 unspecified atom stereocenters. The van der Waals surface area contributed by atoms with Crippen molar-refractivity contribution >= 4 is 22.6 Å². The van der Waals surface area contributed by atoms with E-state index in [9.17, 15) is 4.79 Å². The van der Waals surface area contributed by atoms with E-state index in [1.807, 2.05) is 26.6 Å². The molecule has 0 aromatic rings. The molecule has 90 valence electrons. The van der Waals surface area contributed by atoms with Crippen LogP contribution >= 0.6 is 0 Å². The van der Waals surface area contributed by atoms with Crippen molar-refractivity contribution in [1.82, 2.24) is 0 Å². The minimum atomic E-state index is -1.75. The minimum Gasteiger partial charge on any atom is -0.520 e. The molecule has 0 amide bonds. The third-order valence-corrected chi connectivity index (χ3v) is 3.42. The molecule has 0 fully saturated rings. The van der Waals surface area contributed by atoms with E-state index in [0.717, 1.165) is 0 Å². The summed E-state index contributed by atoms with van der Waals surface area (Å²) in [5.41, 5.74) is 0. The van der Waals surface area contributed by atoms with Gasteiger partial charge >= 0.3 is 0 Å². The number of rotatable bonds is 5. The van der Waals surface area contributed by atoms with Crippen LogP contribution in [0.15, 0.2) is 0 Å². The lowest BCUT2D eigenvalue weighted by Gasteiger charge is -2.23. The fourth-order valence-electron chi connectivity index (χ4n) is 0.845. The Bertz CT molecular complexity index is 216. The van der Waals surface area contributed by atoms with Crippen molar-refractivity contribution in [3.05, 3.63) is 0 Å². The van der Waals surface area contributed by atoms with E-state index >= 15 is 0 Å².